The van der Waals surface area contributed by atoms with E-state index in [1.807, 2.05) is 0 Å². The van der Waals surface area contributed by atoms with Crippen molar-refractivity contribution < 1.29 is 0 Å². The summed E-state index contributed by atoms with van der Waals surface area (Å²) in [5.74, 6) is 0.719. The first-order valence-corrected chi connectivity index (χ1v) is 8.12. The second kappa shape index (κ2) is 7.34. The predicted octanol–water partition coefficient (Wildman–Crippen LogP) is 1.71. The molecule has 118 valence electrons. The largest absolute Gasteiger partial charge is 0.401 e. The molecule has 4 heteroatoms. The van der Waals surface area contributed by atoms with Gasteiger partial charge in [-0.15, -0.1) is 0 Å². The molecule has 1 aromatic rings. The quantitative estimate of drug-likeness (QED) is 0.753. The first kappa shape index (κ1) is 17.1. The van der Waals surface area contributed by atoms with Gasteiger partial charge in [-0.25, -0.2) is 0 Å². The summed E-state index contributed by atoms with van der Waals surface area (Å²) in [6.07, 6.45) is 2.82. The van der Waals surface area contributed by atoms with Crippen molar-refractivity contribution in [3.63, 3.8) is 0 Å². The normalized spacial score (nSPS) is 17.2. The first-order chi connectivity index (χ1) is 10.4. The van der Waals surface area contributed by atoms with Gasteiger partial charge in [-0.3, -0.25) is 0 Å². The lowest BCUT2D eigenvalue weighted by Gasteiger charge is -2.41. The van der Waals surface area contributed by atoms with Gasteiger partial charge in [0, 0.05) is 25.3 Å². The van der Waals surface area contributed by atoms with Crippen LogP contribution >= 0.6 is 0 Å². The van der Waals surface area contributed by atoms with Gasteiger partial charge < -0.3 is 16.4 Å². The molecule has 0 saturated carbocycles. The SMILES string of the molecule is [B]CCc1ccc(CC2CN(CC(N)C(=C)N)C2)c(C)c1C. The number of hydrogen-bond donors (Lipinski definition) is 2. The molecule has 0 bridgehead atoms. The topological polar surface area (TPSA) is 55.3 Å². The lowest BCUT2D eigenvalue weighted by Crippen LogP contribution is -2.52. The molecule has 0 spiro atoms. The molecule has 0 aliphatic carbocycles. The van der Waals surface area contributed by atoms with Crippen molar-refractivity contribution in [3.05, 3.63) is 46.7 Å². The van der Waals surface area contributed by atoms with Gasteiger partial charge in [-0.1, -0.05) is 25.0 Å². The van der Waals surface area contributed by atoms with Gasteiger partial charge in [-0.2, -0.15) is 0 Å². The van der Waals surface area contributed by atoms with E-state index >= 15 is 0 Å². The van der Waals surface area contributed by atoms with Crippen LogP contribution in [0, 0.1) is 19.8 Å². The summed E-state index contributed by atoms with van der Waals surface area (Å²) in [5, 5.41) is 0. The summed E-state index contributed by atoms with van der Waals surface area (Å²) in [4.78, 5) is 2.36. The zero-order chi connectivity index (χ0) is 16.3. The van der Waals surface area contributed by atoms with Crippen molar-refractivity contribution in [2.75, 3.05) is 19.6 Å². The number of nitrogens with zero attached hydrogens (tertiary/aromatic N) is 1. The van der Waals surface area contributed by atoms with Crippen LogP contribution in [0.15, 0.2) is 24.4 Å². The zero-order valence-corrected chi connectivity index (χ0v) is 13.9. The molecule has 2 rings (SSSR count). The number of hydrogen-bond acceptors (Lipinski definition) is 3. The highest BCUT2D eigenvalue weighted by Gasteiger charge is 2.28. The lowest BCUT2D eigenvalue weighted by molar-refractivity contribution is 0.0970. The summed E-state index contributed by atoms with van der Waals surface area (Å²) < 4.78 is 0. The Morgan fingerprint density at radius 2 is 1.91 bits per heavy atom. The summed E-state index contributed by atoms with van der Waals surface area (Å²) >= 11 is 0. The molecule has 1 unspecified atom stereocenters. The zero-order valence-electron chi connectivity index (χ0n) is 13.9. The Balaban J connectivity index is 1.89. The average molecular weight is 297 g/mol. The second-order valence-corrected chi connectivity index (χ2v) is 6.64. The van der Waals surface area contributed by atoms with Crippen molar-refractivity contribution in [3.8, 4) is 0 Å². The van der Waals surface area contributed by atoms with Crippen molar-refractivity contribution in [1.82, 2.24) is 4.90 Å². The van der Waals surface area contributed by atoms with Crippen LogP contribution in [0.1, 0.15) is 22.3 Å². The fourth-order valence-corrected chi connectivity index (χ4v) is 3.24. The average Bonchev–Trinajstić information content (AvgIpc) is 2.43. The Kier molecular flexibility index (Phi) is 5.71. The number of benzene rings is 1. The van der Waals surface area contributed by atoms with Crippen LogP contribution < -0.4 is 11.5 Å². The molecular weight excluding hydrogens is 269 g/mol. The highest BCUT2D eigenvalue weighted by Crippen LogP contribution is 2.25. The van der Waals surface area contributed by atoms with Gasteiger partial charge >= 0.3 is 0 Å². The summed E-state index contributed by atoms with van der Waals surface area (Å²) in [6.45, 7) is 11.2. The Bertz CT molecular complexity index is 535. The highest BCUT2D eigenvalue weighted by molar-refractivity contribution is 6.08. The molecule has 1 fully saturated rings. The molecule has 0 amide bonds. The number of rotatable bonds is 7. The van der Waals surface area contributed by atoms with Crippen molar-refractivity contribution in [1.29, 1.82) is 0 Å². The Morgan fingerprint density at radius 3 is 2.50 bits per heavy atom. The number of likely N-dealkylation sites (tertiary alicyclic amines) is 1. The molecule has 1 saturated heterocycles. The van der Waals surface area contributed by atoms with Crippen LogP contribution in [0.3, 0.4) is 0 Å². The molecule has 3 nitrogen and oxygen atoms in total. The standard InChI is InChI=1S/C18H28BN3/c1-12-13(2)17(5-4-16(12)6-7-19)8-15-9-22(10-15)11-18(21)14(3)20/h4-5,15,18H,3,6-11,20-21H2,1-2H3. The minimum atomic E-state index is -0.111. The Morgan fingerprint density at radius 1 is 1.32 bits per heavy atom. The minimum Gasteiger partial charge on any atom is -0.401 e. The Hall–Kier alpha value is -1.26. The Labute approximate surface area is 136 Å². The van der Waals surface area contributed by atoms with Crippen LogP contribution in [0.4, 0.5) is 0 Å². The van der Waals surface area contributed by atoms with E-state index in [0.717, 1.165) is 38.4 Å². The van der Waals surface area contributed by atoms with Gasteiger partial charge in [0.15, 0.2) is 0 Å². The maximum absolute atomic E-state index is 5.94. The monoisotopic (exact) mass is 297 g/mol. The van der Waals surface area contributed by atoms with E-state index in [1.54, 1.807) is 0 Å². The molecular formula is C18H28BN3. The molecule has 1 atom stereocenters. The van der Waals surface area contributed by atoms with Crippen LogP contribution in [0.25, 0.3) is 0 Å². The van der Waals surface area contributed by atoms with Gasteiger partial charge in [0.1, 0.15) is 0 Å². The third-order valence-electron chi connectivity index (χ3n) is 4.90. The first-order valence-electron chi connectivity index (χ1n) is 8.12. The van der Waals surface area contributed by atoms with Crippen LogP contribution in [-0.4, -0.2) is 38.4 Å². The van der Waals surface area contributed by atoms with Gasteiger partial charge in [0.25, 0.3) is 0 Å². The molecule has 1 aliphatic heterocycles. The third kappa shape index (κ3) is 3.93. The minimum absolute atomic E-state index is 0.111. The smallest absolute Gasteiger partial charge is 0.0657 e. The molecule has 1 aromatic carbocycles. The highest BCUT2D eigenvalue weighted by atomic mass is 15.2. The van der Waals surface area contributed by atoms with Crippen molar-refractivity contribution >= 4 is 7.85 Å². The van der Waals surface area contributed by atoms with Crippen LogP contribution in [0.2, 0.25) is 6.32 Å². The van der Waals surface area contributed by atoms with Gasteiger partial charge in [-0.05, 0) is 54.9 Å². The maximum Gasteiger partial charge on any atom is 0.0657 e. The van der Waals surface area contributed by atoms with E-state index in [2.05, 4.69) is 37.5 Å². The van der Waals surface area contributed by atoms with Crippen molar-refractivity contribution in [2.24, 2.45) is 17.4 Å². The van der Waals surface area contributed by atoms with E-state index < -0.39 is 0 Å². The predicted molar refractivity (Wildman–Crippen MR) is 95.1 cm³/mol. The lowest BCUT2D eigenvalue weighted by atomic mass is 9.86. The summed E-state index contributed by atoms with van der Waals surface area (Å²) in [5.41, 5.74) is 17.8. The van der Waals surface area contributed by atoms with E-state index in [9.17, 15) is 0 Å². The number of aryl methyl sites for hydroxylation is 1. The fourth-order valence-electron chi connectivity index (χ4n) is 3.24. The van der Waals surface area contributed by atoms with E-state index in [-0.39, 0.29) is 6.04 Å². The van der Waals surface area contributed by atoms with Crippen LogP contribution in [0.5, 0.6) is 0 Å². The summed E-state index contributed by atoms with van der Waals surface area (Å²) in [6, 6.07) is 4.42. The van der Waals surface area contributed by atoms with E-state index in [0.29, 0.717) is 12.0 Å². The third-order valence-corrected chi connectivity index (χ3v) is 4.90. The molecule has 1 heterocycles. The second-order valence-electron chi connectivity index (χ2n) is 6.64. The fraction of sp³-hybridized carbons (Fsp3) is 0.556. The molecule has 22 heavy (non-hydrogen) atoms. The maximum atomic E-state index is 5.94. The molecule has 4 N–H and O–H groups in total. The molecule has 0 aromatic heterocycles. The van der Waals surface area contributed by atoms with Gasteiger partial charge in [0.05, 0.1) is 13.9 Å². The number of nitrogens with two attached hydrogens (primary N) is 2. The van der Waals surface area contributed by atoms with E-state index in [4.69, 9.17) is 19.3 Å². The summed E-state index contributed by atoms with van der Waals surface area (Å²) in [7, 11) is 5.67. The molecule has 2 radical (unpaired) electrons. The van der Waals surface area contributed by atoms with Gasteiger partial charge in [0.2, 0.25) is 0 Å². The van der Waals surface area contributed by atoms with E-state index in [1.165, 1.54) is 22.3 Å². The van der Waals surface area contributed by atoms with Crippen molar-refractivity contribution in [2.45, 2.75) is 39.1 Å². The molecule has 1 aliphatic rings. The van der Waals surface area contributed by atoms with Crippen LogP contribution in [-0.2, 0) is 12.8 Å².